The van der Waals surface area contributed by atoms with Gasteiger partial charge in [0.15, 0.2) is 0 Å². The Hall–Kier alpha value is -2.38. The van der Waals surface area contributed by atoms with Gasteiger partial charge < -0.3 is 5.32 Å². The zero-order valence-electron chi connectivity index (χ0n) is 16.7. The summed E-state index contributed by atoms with van der Waals surface area (Å²) < 4.78 is 25.1. The third kappa shape index (κ3) is 4.62. The van der Waals surface area contributed by atoms with E-state index in [1.54, 1.807) is 18.2 Å². The van der Waals surface area contributed by atoms with Crippen LogP contribution in [0.25, 0.3) is 0 Å². The number of amides is 1. The van der Waals surface area contributed by atoms with E-state index >= 15 is 0 Å². The Kier molecular flexibility index (Phi) is 5.61. The van der Waals surface area contributed by atoms with Crippen LogP contribution in [0.4, 0.5) is 5.69 Å². The molecule has 2 aliphatic heterocycles. The maximum Gasteiger partial charge on any atom is 0.251 e. The molecular formula is C22H27N3O3S. The Morgan fingerprint density at radius 3 is 2.38 bits per heavy atom. The number of nitrogens with zero attached hydrogens (tertiary/aromatic N) is 2. The van der Waals surface area contributed by atoms with E-state index in [4.69, 9.17) is 0 Å². The monoisotopic (exact) mass is 413 g/mol. The molecule has 29 heavy (non-hydrogen) atoms. The molecule has 0 aromatic heterocycles. The molecule has 6 nitrogen and oxygen atoms in total. The summed E-state index contributed by atoms with van der Waals surface area (Å²) in [6.07, 6.45) is 4.42. The van der Waals surface area contributed by atoms with Gasteiger partial charge in [0, 0.05) is 25.2 Å². The number of sulfonamides is 1. The van der Waals surface area contributed by atoms with Gasteiger partial charge in [0.1, 0.15) is 0 Å². The number of rotatable bonds is 6. The summed E-state index contributed by atoms with van der Waals surface area (Å²) in [5.41, 5.74) is 4.50. The lowest BCUT2D eigenvalue weighted by Crippen LogP contribution is -2.27. The van der Waals surface area contributed by atoms with Crippen LogP contribution in [-0.4, -0.2) is 45.1 Å². The molecule has 0 unspecified atom stereocenters. The molecule has 0 saturated carbocycles. The standard InChI is InChI=1S/C22H27N3O3S/c1-29(27,28)25-13-10-19-14-20(8-9-21(19)25)22(26)23-15-17-4-6-18(7-5-17)16-24-11-2-3-12-24/h4-9,14H,2-3,10-13,15-16H2,1H3,(H,23,26). The molecule has 4 rings (SSSR count). The Balaban J connectivity index is 1.35. The van der Waals surface area contributed by atoms with Crippen LogP contribution in [0.1, 0.15) is 39.9 Å². The molecule has 0 spiro atoms. The molecule has 7 heteroatoms. The second-order valence-electron chi connectivity index (χ2n) is 7.91. The lowest BCUT2D eigenvalue weighted by molar-refractivity contribution is 0.0951. The smallest absolute Gasteiger partial charge is 0.251 e. The van der Waals surface area contributed by atoms with E-state index in [2.05, 4.69) is 34.5 Å². The molecule has 2 aromatic carbocycles. The van der Waals surface area contributed by atoms with Crippen molar-refractivity contribution in [3.8, 4) is 0 Å². The first-order chi connectivity index (χ1) is 13.9. The summed E-state index contributed by atoms with van der Waals surface area (Å²) in [6.45, 7) is 4.26. The zero-order valence-corrected chi connectivity index (χ0v) is 17.5. The number of anilines is 1. The van der Waals surface area contributed by atoms with Crippen LogP contribution in [-0.2, 0) is 29.5 Å². The molecule has 0 radical (unpaired) electrons. The van der Waals surface area contributed by atoms with Crippen molar-refractivity contribution >= 4 is 21.6 Å². The number of hydrogen-bond donors (Lipinski definition) is 1. The number of fused-ring (bicyclic) bond motifs is 1. The van der Waals surface area contributed by atoms with Crippen molar-refractivity contribution in [1.29, 1.82) is 0 Å². The van der Waals surface area contributed by atoms with E-state index in [-0.39, 0.29) is 5.91 Å². The number of hydrogen-bond acceptors (Lipinski definition) is 4. The van der Waals surface area contributed by atoms with Crippen molar-refractivity contribution in [1.82, 2.24) is 10.2 Å². The highest BCUT2D eigenvalue weighted by Gasteiger charge is 2.26. The zero-order chi connectivity index (χ0) is 20.4. The van der Waals surface area contributed by atoms with Gasteiger partial charge in [0.2, 0.25) is 10.0 Å². The van der Waals surface area contributed by atoms with Gasteiger partial charge in [-0.15, -0.1) is 0 Å². The highest BCUT2D eigenvalue weighted by Crippen LogP contribution is 2.30. The lowest BCUT2D eigenvalue weighted by atomic mass is 10.1. The van der Waals surface area contributed by atoms with Crippen LogP contribution < -0.4 is 9.62 Å². The average molecular weight is 414 g/mol. The quantitative estimate of drug-likeness (QED) is 0.790. The number of carbonyl (C=O) groups is 1. The largest absolute Gasteiger partial charge is 0.348 e. The first-order valence-corrected chi connectivity index (χ1v) is 11.9. The van der Waals surface area contributed by atoms with Gasteiger partial charge >= 0.3 is 0 Å². The van der Waals surface area contributed by atoms with Crippen LogP contribution in [0.15, 0.2) is 42.5 Å². The van der Waals surface area contributed by atoms with Gasteiger partial charge in [-0.25, -0.2) is 8.42 Å². The van der Waals surface area contributed by atoms with Crippen LogP contribution in [0, 0.1) is 0 Å². The lowest BCUT2D eigenvalue weighted by Gasteiger charge is -2.16. The van der Waals surface area contributed by atoms with Gasteiger partial charge in [-0.05, 0) is 67.2 Å². The van der Waals surface area contributed by atoms with Crippen molar-refractivity contribution in [2.75, 3.05) is 30.2 Å². The van der Waals surface area contributed by atoms with E-state index in [0.717, 1.165) is 17.7 Å². The van der Waals surface area contributed by atoms with Crippen molar-refractivity contribution in [3.05, 3.63) is 64.7 Å². The van der Waals surface area contributed by atoms with Crippen molar-refractivity contribution < 1.29 is 13.2 Å². The van der Waals surface area contributed by atoms with Gasteiger partial charge in [0.25, 0.3) is 5.91 Å². The molecule has 2 aliphatic rings. The fraction of sp³-hybridized carbons (Fsp3) is 0.409. The van der Waals surface area contributed by atoms with Crippen LogP contribution in [0.5, 0.6) is 0 Å². The number of benzene rings is 2. The predicted octanol–water partition coefficient (Wildman–Crippen LogP) is 2.53. The second kappa shape index (κ2) is 8.16. The Labute approximate surface area is 172 Å². The summed E-state index contributed by atoms with van der Waals surface area (Å²) in [6, 6.07) is 13.6. The summed E-state index contributed by atoms with van der Waals surface area (Å²) in [4.78, 5) is 15.0. The van der Waals surface area contributed by atoms with Crippen LogP contribution in [0.2, 0.25) is 0 Å². The number of carbonyl (C=O) groups excluding carboxylic acids is 1. The van der Waals surface area contributed by atoms with E-state index in [1.807, 2.05) is 0 Å². The molecule has 1 N–H and O–H groups in total. The van der Waals surface area contributed by atoms with Crippen LogP contribution >= 0.6 is 0 Å². The summed E-state index contributed by atoms with van der Waals surface area (Å²) in [5.74, 6) is -0.147. The molecule has 0 atom stereocenters. The van der Waals surface area contributed by atoms with Crippen molar-refractivity contribution in [3.63, 3.8) is 0 Å². The summed E-state index contributed by atoms with van der Waals surface area (Å²) >= 11 is 0. The maximum atomic E-state index is 12.5. The first kappa shape index (κ1) is 19.9. The summed E-state index contributed by atoms with van der Waals surface area (Å²) in [5, 5.41) is 2.96. The minimum absolute atomic E-state index is 0.147. The molecule has 1 fully saturated rings. The van der Waals surface area contributed by atoms with E-state index in [1.165, 1.54) is 42.1 Å². The molecule has 0 bridgehead atoms. The third-order valence-corrected chi connectivity index (χ3v) is 6.86. The van der Waals surface area contributed by atoms with Gasteiger partial charge in [0.05, 0.1) is 11.9 Å². The van der Waals surface area contributed by atoms with E-state index in [9.17, 15) is 13.2 Å². The summed E-state index contributed by atoms with van der Waals surface area (Å²) in [7, 11) is -3.28. The number of likely N-dealkylation sites (tertiary alicyclic amines) is 1. The SMILES string of the molecule is CS(=O)(=O)N1CCc2cc(C(=O)NCc3ccc(CN4CCCC4)cc3)ccc21. The molecule has 1 amide bonds. The van der Waals surface area contributed by atoms with Crippen LogP contribution in [0.3, 0.4) is 0 Å². The van der Waals surface area contributed by atoms with Gasteiger partial charge in [-0.2, -0.15) is 0 Å². The first-order valence-electron chi connectivity index (χ1n) is 10.1. The minimum Gasteiger partial charge on any atom is -0.348 e. The average Bonchev–Trinajstić information content (AvgIpc) is 3.35. The molecule has 0 aliphatic carbocycles. The van der Waals surface area contributed by atoms with Crippen molar-refractivity contribution in [2.45, 2.75) is 32.4 Å². The van der Waals surface area contributed by atoms with Crippen molar-refractivity contribution in [2.24, 2.45) is 0 Å². The Bertz CT molecular complexity index is 996. The minimum atomic E-state index is -3.28. The Morgan fingerprint density at radius 2 is 1.69 bits per heavy atom. The predicted molar refractivity (Wildman–Crippen MR) is 114 cm³/mol. The maximum absolute atomic E-state index is 12.5. The fourth-order valence-electron chi connectivity index (χ4n) is 4.10. The molecular weight excluding hydrogens is 386 g/mol. The van der Waals surface area contributed by atoms with Gasteiger partial charge in [-0.1, -0.05) is 24.3 Å². The normalized spacial score (nSPS) is 16.8. The van der Waals surface area contributed by atoms with E-state index in [0.29, 0.717) is 30.8 Å². The topological polar surface area (TPSA) is 69.7 Å². The highest BCUT2D eigenvalue weighted by molar-refractivity contribution is 7.92. The Morgan fingerprint density at radius 1 is 1.00 bits per heavy atom. The molecule has 2 heterocycles. The molecule has 154 valence electrons. The van der Waals surface area contributed by atoms with E-state index < -0.39 is 10.0 Å². The highest BCUT2D eigenvalue weighted by atomic mass is 32.2. The third-order valence-electron chi connectivity index (χ3n) is 5.68. The van der Waals surface area contributed by atoms with Gasteiger partial charge in [-0.3, -0.25) is 14.0 Å². The molecule has 1 saturated heterocycles. The fourth-order valence-corrected chi connectivity index (χ4v) is 5.06. The second-order valence-corrected chi connectivity index (χ2v) is 9.82. The number of nitrogens with one attached hydrogen (secondary N) is 1. The molecule has 2 aromatic rings.